The second-order valence-electron chi connectivity index (χ2n) is 3.48. The Balaban J connectivity index is 2.58. The summed E-state index contributed by atoms with van der Waals surface area (Å²) in [5, 5.41) is 0. The lowest BCUT2D eigenvalue weighted by Crippen LogP contribution is -2.08. The van der Waals surface area contributed by atoms with E-state index in [0.29, 0.717) is 6.07 Å². The predicted molar refractivity (Wildman–Crippen MR) is 56.8 cm³/mol. The average molecular weight is 257 g/mol. The number of nitrogen functional groups attached to an aromatic ring is 1. The van der Waals surface area contributed by atoms with Crippen molar-refractivity contribution in [2.45, 2.75) is 6.18 Å². The summed E-state index contributed by atoms with van der Waals surface area (Å²) in [5.74, 6) is -1.36. The van der Waals surface area contributed by atoms with E-state index in [-0.39, 0.29) is 17.1 Å². The van der Waals surface area contributed by atoms with Crippen LogP contribution in [0.2, 0.25) is 0 Å². The molecule has 0 aliphatic carbocycles. The summed E-state index contributed by atoms with van der Waals surface area (Å²) in [5.41, 5.74) is 4.30. The summed E-state index contributed by atoms with van der Waals surface area (Å²) in [7, 11) is 0. The summed E-state index contributed by atoms with van der Waals surface area (Å²) in [6.07, 6.45) is -2.16. The fraction of sp³-hybridized carbons (Fsp3) is 0.0909. The molecular weight excluding hydrogens is 250 g/mol. The highest BCUT2D eigenvalue weighted by molar-refractivity contribution is 5.70. The maximum atomic E-state index is 13.1. The summed E-state index contributed by atoms with van der Waals surface area (Å²) < 4.78 is 50.7. The molecular formula is C11H7F4N3. The van der Waals surface area contributed by atoms with E-state index in [4.69, 9.17) is 5.73 Å². The average Bonchev–Trinajstić information content (AvgIpc) is 2.29. The Labute approximate surface area is 99.3 Å². The van der Waals surface area contributed by atoms with Crippen LogP contribution in [0.3, 0.4) is 0 Å². The molecule has 7 heteroatoms. The van der Waals surface area contributed by atoms with Crippen LogP contribution < -0.4 is 5.73 Å². The van der Waals surface area contributed by atoms with Gasteiger partial charge in [-0.25, -0.2) is 9.37 Å². The molecule has 0 aliphatic heterocycles. The molecule has 0 bridgehead atoms. The van der Waals surface area contributed by atoms with Gasteiger partial charge in [0.2, 0.25) is 0 Å². The van der Waals surface area contributed by atoms with E-state index < -0.39 is 17.6 Å². The van der Waals surface area contributed by atoms with Crippen LogP contribution in [0.25, 0.3) is 11.3 Å². The van der Waals surface area contributed by atoms with Crippen molar-refractivity contribution < 1.29 is 17.6 Å². The second kappa shape index (κ2) is 4.25. The number of anilines is 1. The highest BCUT2D eigenvalue weighted by Gasteiger charge is 2.34. The van der Waals surface area contributed by atoms with E-state index in [1.807, 2.05) is 0 Å². The molecule has 2 aromatic rings. The quantitative estimate of drug-likeness (QED) is 0.799. The van der Waals surface area contributed by atoms with Gasteiger partial charge in [-0.2, -0.15) is 13.2 Å². The normalized spacial score (nSPS) is 11.6. The molecule has 1 aromatic carbocycles. The minimum Gasteiger partial charge on any atom is -0.382 e. The Kier molecular flexibility index (Phi) is 2.90. The molecule has 3 nitrogen and oxygen atoms in total. The molecule has 0 fully saturated rings. The minimum absolute atomic E-state index is 0.0165. The summed E-state index contributed by atoms with van der Waals surface area (Å²) in [6, 6.07) is 2.56. The van der Waals surface area contributed by atoms with E-state index in [1.54, 1.807) is 0 Å². The number of nitrogens with two attached hydrogens (primary N) is 1. The molecule has 18 heavy (non-hydrogen) atoms. The van der Waals surface area contributed by atoms with E-state index in [2.05, 4.69) is 9.97 Å². The summed E-state index contributed by atoms with van der Waals surface area (Å²) in [6.45, 7) is 0. The smallest absolute Gasteiger partial charge is 0.382 e. The molecule has 0 radical (unpaired) electrons. The third-order valence-corrected chi connectivity index (χ3v) is 2.27. The number of aromatic nitrogens is 2. The fourth-order valence-electron chi connectivity index (χ4n) is 1.46. The zero-order valence-electron chi connectivity index (χ0n) is 8.87. The van der Waals surface area contributed by atoms with Gasteiger partial charge in [0.05, 0.1) is 5.56 Å². The summed E-state index contributed by atoms with van der Waals surface area (Å²) >= 11 is 0. The number of rotatable bonds is 1. The van der Waals surface area contributed by atoms with Crippen molar-refractivity contribution in [1.29, 1.82) is 0 Å². The SMILES string of the molecule is Nc1nccnc1-c1ccc(F)c(C(F)(F)F)c1. The third-order valence-electron chi connectivity index (χ3n) is 2.27. The summed E-state index contributed by atoms with van der Waals surface area (Å²) in [4.78, 5) is 7.53. The Morgan fingerprint density at radius 2 is 1.72 bits per heavy atom. The van der Waals surface area contributed by atoms with Gasteiger partial charge >= 0.3 is 6.18 Å². The van der Waals surface area contributed by atoms with Crippen molar-refractivity contribution in [3.63, 3.8) is 0 Å². The van der Waals surface area contributed by atoms with Crippen LogP contribution in [0.5, 0.6) is 0 Å². The molecule has 1 aromatic heterocycles. The molecule has 1 heterocycles. The lowest BCUT2D eigenvalue weighted by molar-refractivity contribution is -0.139. The first-order valence-electron chi connectivity index (χ1n) is 4.83. The van der Waals surface area contributed by atoms with Crippen LogP contribution in [0.15, 0.2) is 30.6 Å². The van der Waals surface area contributed by atoms with E-state index in [0.717, 1.165) is 6.07 Å². The van der Waals surface area contributed by atoms with Crippen LogP contribution in [0.4, 0.5) is 23.4 Å². The third kappa shape index (κ3) is 2.24. The lowest BCUT2D eigenvalue weighted by atomic mass is 10.1. The maximum Gasteiger partial charge on any atom is 0.419 e. The topological polar surface area (TPSA) is 51.8 Å². The number of hydrogen-bond donors (Lipinski definition) is 1. The molecule has 0 amide bonds. The van der Waals surface area contributed by atoms with Crippen LogP contribution in [0, 0.1) is 5.82 Å². The van der Waals surface area contributed by atoms with Crippen molar-refractivity contribution in [2.24, 2.45) is 0 Å². The number of alkyl halides is 3. The zero-order chi connectivity index (χ0) is 13.3. The van der Waals surface area contributed by atoms with E-state index >= 15 is 0 Å². The molecule has 94 valence electrons. The van der Waals surface area contributed by atoms with E-state index in [1.165, 1.54) is 18.5 Å². The molecule has 0 aliphatic rings. The first-order chi connectivity index (χ1) is 8.39. The van der Waals surface area contributed by atoms with Crippen LogP contribution in [0.1, 0.15) is 5.56 Å². The van der Waals surface area contributed by atoms with E-state index in [9.17, 15) is 17.6 Å². The van der Waals surface area contributed by atoms with Crippen molar-refractivity contribution >= 4 is 5.82 Å². The van der Waals surface area contributed by atoms with Crippen molar-refractivity contribution in [1.82, 2.24) is 9.97 Å². The van der Waals surface area contributed by atoms with Crippen LogP contribution in [-0.2, 0) is 6.18 Å². The molecule has 2 rings (SSSR count). The van der Waals surface area contributed by atoms with Crippen molar-refractivity contribution in [3.05, 3.63) is 42.0 Å². The Hall–Kier alpha value is -2.18. The van der Waals surface area contributed by atoms with Gasteiger partial charge in [-0.1, -0.05) is 0 Å². The number of benzene rings is 1. The number of nitrogens with zero attached hydrogens (tertiary/aromatic N) is 2. The first-order valence-corrected chi connectivity index (χ1v) is 4.83. The first kappa shape index (κ1) is 12.3. The Morgan fingerprint density at radius 3 is 2.33 bits per heavy atom. The maximum absolute atomic E-state index is 13.1. The molecule has 0 spiro atoms. The van der Waals surface area contributed by atoms with Gasteiger partial charge in [-0.15, -0.1) is 0 Å². The second-order valence-corrected chi connectivity index (χ2v) is 3.48. The van der Waals surface area contributed by atoms with Crippen LogP contribution in [-0.4, -0.2) is 9.97 Å². The van der Waals surface area contributed by atoms with Gasteiger partial charge in [-0.05, 0) is 18.2 Å². The zero-order valence-corrected chi connectivity index (χ0v) is 8.87. The Bertz CT molecular complexity index is 581. The lowest BCUT2D eigenvalue weighted by Gasteiger charge is -2.10. The van der Waals surface area contributed by atoms with Gasteiger partial charge in [0.25, 0.3) is 0 Å². The van der Waals surface area contributed by atoms with Crippen molar-refractivity contribution in [3.8, 4) is 11.3 Å². The highest BCUT2D eigenvalue weighted by atomic mass is 19.4. The van der Waals surface area contributed by atoms with Crippen molar-refractivity contribution in [2.75, 3.05) is 5.73 Å². The minimum atomic E-state index is -4.77. The monoisotopic (exact) mass is 257 g/mol. The van der Waals surface area contributed by atoms with Gasteiger partial charge in [-0.3, -0.25) is 4.98 Å². The molecule has 2 N–H and O–H groups in total. The van der Waals surface area contributed by atoms with Gasteiger partial charge in [0, 0.05) is 18.0 Å². The molecule has 0 saturated heterocycles. The standard InChI is InChI=1S/C11H7F4N3/c12-8-2-1-6(5-7(8)11(13,14)15)9-10(16)18-4-3-17-9/h1-5H,(H2,16,18). The molecule has 0 saturated carbocycles. The van der Waals surface area contributed by atoms with Crippen LogP contribution >= 0.6 is 0 Å². The predicted octanol–water partition coefficient (Wildman–Crippen LogP) is 2.88. The van der Waals surface area contributed by atoms with Gasteiger partial charge in [0.1, 0.15) is 17.3 Å². The number of halogens is 4. The molecule has 0 atom stereocenters. The van der Waals surface area contributed by atoms with Gasteiger partial charge < -0.3 is 5.73 Å². The largest absolute Gasteiger partial charge is 0.419 e. The highest BCUT2D eigenvalue weighted by Crippen LogP contribution is 2.34. The Morgan fingerprint density at radius 1 is 1.06 bits per heavy atom. The number of hydrogen-bond acceptors (Lipinski definition) is 3. The molecule has 0 unspecified atom stereocenters. The fourth-order valence-corrected chi connectivity index (χ4v) is 1.46. The van der Waals surface area contributed by atoms with Gasteiger partial charge in [0.15, 0.2) is 0 Å².